The SMILES string of the molecule is CCn1cc(-c2ccc(N)c(Cl)c2)cn1. The van der Waals surface area contributed by atoms with E-state index in [1.165, 1.54) is 0 Å². The highest BCUT2D eigenvalue weighted by molar-refractivity contribution is 6.33. The van der Waals surface area contributed by atoms with Crippen LogP contribution in [0.4, 0.5) is 5.69 Å². The quantitative estimate of drug-likeness (QED) is 0.793. The molecule has 0 saturated heterocycles. The van der Waals surface area contributed by atoms with Gasteiger partial charge in [-0.15, -0.1) is 0 Å². The topological polar surface area (TPSA) is 43.8 Å². The van der Waals surface area contributed by atoms with E-state index in [4.69, 9.17) is 17.3 Å². The fourth-order valence-electron chi connectivity index (χ4n) is 1.39. The molecule has 78 valence electrons. The van der Waals surface area contributed by atoms with Gasteiger partial charge in [0.15, 0.2) is 0 Å². The maximum absolute atomic E-state index is 5.95. The van der Waals surface area contributed by atoms with Crippen LogP contribution in [0.2, 0.25) is 5.02 Å². The summed E-state index contributed by atoms with van der Waals surface area (Å²) in [6.45, 7) is 2.91. The second-order valence-electron chi connectivity index (χ2n) is 3.32. The fourth-order valence-corrected chi connectivity index (χ4v) is 1.57. The van der Waals surface area contributed by atoms with Gasteiger partial charge in [-0.2, -0.15) is 5.10 Å². The van der Waals surface area contributed by atoms with Crippen molar-refractivity contribution in [3.63, 3.8) is 0 Å². The number of hydrogen-bond donors (Lipinski definition) is 1. The van der Waals surface area contributed by atoms with Crippen LogP contribution in [0.1, 0.15) is 6.92 Å². The molecular weight excluding hydrogens is 210 g/mol. The highest BCUT2D eigenvalue weighted by atomic mass is 35.5. The molecule has 1 aromatic carbocycles. The number of benzene rings is 1. The second kappa shape index (κ2) is 3.95. The molecule has 0 amide bonds. The lowest BCUT2D eigenvalue weighted by Gasteiger charge is -2.00. The Morgan fingerprint density at radius 3 is 2.80 bits per heavy atom. The molecule has 3 nitrogen and oxygen atoms in total. The third-order valence-electron chi connectivity index (χ3n) is 2.29. The molecular formula is C11H12ClN3. The first-order valence-electron chi connectivity index (χ1n) is 4.78. The zero-order valence-corrected chi connectivity index (χ0v) is 9.20. The van der Waals surface area contributed by atoms with Crippen LogP contribution in [0.5, 0.6) is 0 Å². The Hall–Kier alpha value is -1.48. The van der Waals surface area contributed by atoms with Gasteiger partial charge >= 0.3 is 0 Å². The molecule has 15 heavy (non-hydrogen) atoms. The molecule has 4 heteroatoms. The molecule has 2 aromatic rings. The van der Waals surface area contributed by atoms with Gasteiger partial charge in [-0.1, -0.05) is 17.7 Å². The molecule has 0 bridgehead atoms. The molecule has 1 heterocycles. The van der Waals surface area contributed by atoms with Gasteiger partial charge in [0.05, 0.1) is 16.9 Å². The summed E-state index contributed by atoms with van der Waals surface area (Å²) in [5, 5.41) is 4.79. The summed E-state index contributed by atoms with van der Waals surface area (Å²) in [6.07, 6.45) is 3.81. The van der Waals surface area contributed by atoms with Crippen molar-refractivity contribution < 1.29 is 0 Å². The Morgan fingerprint density at radius 2 is 2.20 bits per heavy atom. The molecule has 0 radical (unpaired) electrons. The number of hydrogen-bond acceptors (Lipinski definition) is 2. The number of nitrogens with zero attached hydrogens (tertiary/aromatic N) is 2. The van der Waals surface area contributed by atoms with Crippen molar-refractivity contribution in [2.45, 2.75) is 13.5 Å². The lowest BCUT2D eigenvalue weighted by molar-refractivity contribution is 0.660. The van der Waals surface area contributed by atoms with Crippen molar-refractivity contribution in [1.29, 1.82) is 0 Å². The zero-order valence-electron chi connectivity index (χ0n) is 8.44. The minimum absolute atomic E-state index is 0.580. The molecule has 0 atom stereocenters. The van der Waals surface area contributed by atoms with Gasteiger partial charge in [0.1, 0.15) is 0 Å². The Bertz CT molecular complexity index is 476. The Morgan fingerprint density at radius 1 is 1.40 bits per heavy atom. The fraction of sp³-hybridized carbons (Fsp3) is 0.182. The van der Waals surface area contributed by atoms with Crippen molar-refractivity contribution >= 4 is 17.3 Å². The first kappa shape index (κ1) is 10.1. The normalized spacial score (nSPS) is 10.5. The zero-order chi connectivity index (χ0) is 10.8. The van der Waals surface area contributed by atoms with Gasteiger partial charge in [0, 0.05) is 18.3 Å². The average molecular weight is 222 g/mol. The van der Waals surface area contributed by atoms with Crippen LogP contribution < -0.4 is 5.73 Å². The smallest absolute Gasteiger partial charge is 0.0641 e. The van der Waals surface area contributed by atoms with Crippen LogP contribution in [0.3, 0.4) is 0 Å². The molecule has 0 spiro atoms. The van der Waals surface area contributed by atoms with Gasteiger partial charge in [-0.3, -0.25) is 4.68 Å². The van der Waals surface area contributed by atoms with Crippen LogP contribution in [0, 0.1) is 0 Å². The van der Waals surface area contributed by atoms with Crippen molar-refractivity contribution in [3.8, 4) is 11.1 Å². The van der Waals surface area contributed by atoms with Crippen LogP contribution in [-0.4, -0.2) is 9.78 Å². The summed E-state index contributed by atoms with van der Waals surface area (Å²) in [4.78, 5) is 0. The van der Waals surface area contributed by atoms with Crippen LogP contribution in [-0.2, 0) is 6.54 Å². The summed E-state index contributed by atoms with van der Waals surface area (Å²) in [5.74, 6) is 0. The number of anilines is 1. The van der Waals surface area contributed by atoms with E-state index in [-0.39, 0.29) is 0 Å². The molecule has 2 N–H and O–H groups in total. The van der Waals surface area contributed by atoms with Crippen LogP contribution in [0.15, 0.2) is 30.6 Å². The van der Waals surface area contributed by atoms with Crippen molar-refractivity contribution in [3.05, 3.63) is 35.6 Å². The molecule has 0 aliphatic heterocycles. The summed E-state index contributed by atoms with van der Waals surface area (Å²) in [6, 6.07) is 5.60. The van der Waals surface area contributed by atoms with Gasteiger partial charge < -0.3 is 5.73 Å². The highest BCUT2D eigenvalue weighted by Crippen LogP contribution is 2.26. The minimum Gasteiger partial charge on any atom is -0.398 e. The standard InChI is InChI=1S/C11H12ClN3/c1-2-15-7-9(6-14-15)8-3-4-11(13)10(12)5-8/h3-7H,2,13H2,1H3. The number of nitrogens with two attached hydrogens (primary N) is 1. The third-order valence-corrected chi connectivity index (χ3v) is 2.62. The van der Waals surface area contributed by atoms with E-state index in [0.29, 0.717) is 10.7 Å². The maximum atomic E-state index is 5.95. The van der Waals surface area contributed by atoms with Crippen LogP contribution >= 0.6 is 11.6 Å². The monoisotopic (exact) mass is 221 g/mol. The summed E-state index contributed by atoms with van der Waals surface area (Å²) < 4.78 is 1.87. The number of nitrogen functional groups attached to an aromatic ring is 1. The van der Waals surface area contributed by atoms with Crippen molar-refractivity contribution in [2.24, 2.45) is 0 Å². The lowest BCUT2D eigenvalue weighted by atomic mass is 10.1. The van der Waals surface area contributed by atoms with E-state index in [1.54, 1.807) is 6.07 Å². The Labute approximate surface area is 93.5 Å². The molecule has 2 rings (SSSR count). The highest BCUT2D eigenvalue weighted by Gasteiger charge is 2.03. The summed E-state index contributed by atoms with van der Waals surface area (Å²) in [5.41, 5.74) is 8.34. The number of halogens is 1. The molecule has 0 aliphatic rings. The van der Waals surface area contributed by atoms with E-state index in [0.717, 1.165) is 17.7 Å². The van der Waals surface area contributed by atoms with Crippen LogP contribution in [0.25, 0.3) is 11.1 Å². The van der Waals surface area contributed by atoms with Gasteiger partial charge in [-0.05, 0) is 24.6 Å². The first-order chi connectivity index (χ1) is 7.20. The first-order valence-corrected chi connectivity index (χ1v) is 5.16. The van der Waals surface area contributed by atoms with E-state index < -0.39 is 0 Å². The van der Waals surface area contributed by atoms with Gasteiger partial charge in [0.2, 0.25) is 0 Å². The van der Waals surface area contributed by atoms with E-state index in [1.807, 2.05) is 36.1 Å². The van der Waals surface area contributed by atoms with Gasteiger partial charge in [-0.25, -0.2) is 0 Å². The third kappa shape index (κ3) is 1.97. The van der Waals surface area contributed by atoms with E-state index in [9.17, 15) is 0 Å². The molecule has 0 saturated carbocycles. The number of rotatable bonds is 2. The molecule has 0 fully saturated rings. The lowest BCUT2D eigenvalue weighted by Crippen LogP contribution is -1.92. The second-order valence-corrected chi connectivity index (χ2v) is 3.73. The summed E-state index contributed by atoms with van der Waals surface area (Å²) in [7, 11) is 0. The Kier molecular flexibility index (Phi) is 2.64. The predicted molar refractivity (Wildman–Crippen MR) is 62.8 cm³/mol. The molecule has 0 aliphatic carbocycles. The van der Waals surface area contributed by atoms with Crippen molar-refractivity contribution in [1.82, 2.24) is 9.78 Å². The Balaban J connectivity index is 2.40. The average Bonchev–Trinajstić information content (AvgIpc) is 2.70. The maximum Gasteiger partial charge on any atom is 0.0641 e. The minimum atomic E-state index is 0.580. The van der Waals surface area contributed by atoms with Crippen molar-refractivity contribution in [2.75, 3.05) is 5.73 Å². The number of aryl methyl sites for hydroxylation is 1. The van der Waals surface area contributed by atoms with E-state index in [2.05, 4.69) is 5.10 Å². The molecule has 0 unspecified atom stereocenters. The van der Waals surface area contributed by atoms with Gasteiger partial charge in [0.25, 0.3) is 0 Å². The van der Waals surface area contributed by atoms with E-state index >= 15 is 0 Å². The largest absolute Gasteiger partial charge is 0.398 e. The predicted octanol–water partition coefficient (Wildman–Crippen LogP) is 2.81. The summed E-state index contributed by atoms with van der Waals surface area (Å²) >= 11 is 5.95. The number of aromatic nitrogens is 2. The molecule has 1 aromatic heterocycles.